The molecule has 2 N–H and O–H groups in total. The molecule has 1 aliphatic heterocycles. The molecule has 6 nitrogen and oxygen atoms in total. The Labute approximate surface area is 95.2 Å². The molecule has 0 aromatic heterocycles. The van der Waals surface area contributed by atoms with E-state index in [1.165, 1.54) is 0 Å². The first-order valence-corrected chi connectivity index (χ1v) is 5.41. The second-order valence-electron chi connectivity index (χ2n) is 4.23. The van der Waals surface area contributed by atoms with E-state index < -0.39 is 5.97 Å². The Bertz CT molecular complexity index is 260. The third-order valence-corrected chi connectivity index (χ3v) is 2.87. The van der Waals surface area contributed by atoms with Gasteiger partial charge in [0.15, 0.2) is 0 Å². The summed E-state index contributed by atoms with van der Waals surface area (Å²) in [7, 11) is 4.07. The molecule has 1 aliphatic rings. The predicted octanol–water partition coefficient (Wildman–Crippen LogP) is -0.193. The van der Waals surface area contributed by atoms with Crippen molar-refractivity contribution < 1.29 is 14.7 Å². The van der Waals surface area contributed by atoms with Crippen molar-refractivity contribution in [1.29, 1.82) is 0 Å². The fraction of sp³-hybridized carbons (Fsp3) is 0.800. The van der Waals surface area contributed by atoms with Crippen LogP contribution in [-0.2, 0) is 4.79 Å². The molecule has 0 radical (unpaired) electrons. The van der Waals surface area contributed by atoms with Gasteiger partial charge in [0, 0.05) is 19.1 Å². The molecule has 0 bridgehead atoms. The number of piperidine rings is 1. The van der Waals surface area contributed by atoms with E-state index in [1.54, 1.807) is 4.90 Å². The van der Waals surface area contributed by atoms with Gasteiger partial charge in [-0.15, -0.1) is 0 Å². The molecule has 0 aliphatic carbocycles. The van der Waals surface area contributed by atoms with E-state index in [4.69, 9.17) is 5.11 Å². The quantitative estimate of drug-likeness (QED) is 0.703. The number of nitrogens with one attached hydrogen (secondary N) is 1. The van der Waals surface area contributed by atoms with Crippen molar-refractivity contribution in [2.24, 2.45) is 0 Å². The summed E-state index contributed by atoms with van der Waals surface area (Å²) in [6.45, 7) is 1.06. The third kappa shape index (κ3) is 3.69. The molecule has 6 heteroatoms. The second kappa shape index (κ2) is 5.69. The summed E-state index contributed by atoms with van der Waals surface area (Å²) in [5, 5.41) is 10.8. The number of amides is 2. The number of carbonyl (C=O) groups excluding carboxylic acids is 1. The number of hydrogen-bond donors (Lipinski definition) is 2. The van der Waals surface area contributed by atoms with E-state index in [0.717, 1.165) is 12.8 Å². The normalized spacial score (nSPS) is 17.6. The average Bonchev–Trinajstić information content (AvgIpc) is 2.26. The molecule has 0 aromatic carbocycles. The molecule has 0 aromatic rings. The van der Waals surface area contributed by atoms with Gasteiger partial charge in [0.2, 0.25) is 0 Å². The van der Waals surface area contributed by atoms with Crippen LogP contribution in [0.4, 0.5) is 4.79 Å². The van der Waals surface area contributed by atoms with E-state index >= 15 is 0 Å². The van der Waals surface area contributed by atoms with E-state index in [9.17, 15) is 9.59 Å². The van der Waals surface area contributed by atoms with Gasteiger partial charge in [-0.05, 0) is 26.9 Å². The highest BCUT2D eigenvalue weighted by Crippen LogP contribution is 2.13. The maximum absolute atomic E-state index is 11.5. The average molecular weight is 229 g/mol. The van der Waals surface area contributed by atoms with Gasteiger partial charge in [-0.25, -0.2) is 4.79 Å². The summed E-state index contributed by atoms with van der Waals surface area (Å²) in [4.78, 5) is 25.6. The largest absolute Gasteiger partial charge is 0.480 e. The Morgan fingerprint density at radius 3 is 2.38 bits per heavy atom. The number of carboxylic acids is 1. The molecule has 1 heterocycles. The summed E-state index contributed by atoms with van der Waals surface area (Å²) >= 11 is 0. The van der Waals surface area contributed by atoms with Gasteiger partial charge in [0.1, 0.15) is 6.54 Å². The van der Waals surface area contributed by atoms with Crippen LogP contribution in [0.3, 0.4) is 0 Å². The molecule has 92 valence electrons. The van der Waals surface area contributed by atoms with Gasteiger partial charge >= 0.3 is 12.0 Å². The number of urea groups is 1. The number of aliphatic carboxylic acids is 1. The first-order valence-electron chi connectivity index (χ1n) is 5.41. The Hall–Kier alpha value is -1.30. The maximum Gasteiger partial charge on any atom is 0.323 e. The fourth-order valence-electron chi connectivity index (χ4n) is 1.85. The Morgan fingerprint density at radius 2 is 1.94 bits per heavy atom. The predicted molar refractivity (Wildman–Crippen MR) is 59.3 cm³/mol. The molecule has 2 amide bonds. The van der Waals surface area contributed by atoms with Crippen LogP contribution in [0, 0.1) is 0 Å². The minimum Gasteiger partial charge on any atom is -0.480 e. The molecular formula is C10H19N3O3. The lowest BCUT2D eigenvalue weighted by molar-refractivity contribution is -0.135. The maximum atomic E-state index is 11.5. The monoisotopic (exact) mass is 229 g/mol. The van der Waals surface area contributed by atoms with Crippen molar-refractivity contribution in [1.82, 2.24) is 15.1 Å². The highest BCUT2D eigenvalue weighted by molar-refractivity contribution is 5.79. The number of hydrogen-bond acceptors (Lipinski definition) is 3. The van der Waals surface area contributed by atoms with Crippen LogP contribution in [-0.4, -0.2) is 66.7 Å². The smallest absolute Gasteiger partial charge is 0.323 e. The van der Waals surface area contributed by atoms with Crippen molar-refractivity contribution >= 4 is 12.0 Å². The van der Waals surface area contributed by atoms with Crippen molar-refractivity contribution in [3.63, 3.8) is 0 Å². The summed E-state index contributed by atoms with van der Waals surface area (Å²) < 4.78 is 0. The van der Waals surface area contributed by atoms with Gasteiger partial charge in [-0.2, -0.15) is 0 Å². The van der Waals surface area contributed by atoms with Crippen LogP contribution in [0.25, 0.3) is 0 Å². The summed E-state index contributed by atoms with van der Waals surface area (Å²) in [6, 6.07) is 0.239. The number of carboxylic acid groups (broad SMARTS) is 1. The van der Waals surface area contributed by atoms with Gasteiger partial charge < -0.3 is 20.2 Å². The molecule has 0 spiro atoms. The zero-order valence-electron chi connectivity index (χ0n) is 9.77. The Balaban J connectivity index is 2.30. The van der Waals surface area contributed by atoms with Crippen LogP contribution in [0.15, 0.2) is 0 Å². The molecule has 0 saturated carbocycles. The van der Waals surface area contributed by atoms with Crippen molar-refractivity contribution in [2.75, 3.05) is 33.7 Å². The third-order valence-electron chi connectivity index (χ3n) is 2.87. The minimum absolute atomic E-state index is 0.278. The van der Waals surface area contributed by atoms with Crippen LogP contribution in [0.1, 0.15) is 12.8 Å². The topological polar surface area (TPSA) is 72.9 Å². The van der Waals surface area contributed by atoms with E-state index in [1.807, 2.05) is 14.1 Å². The molecule has 1 saturated heterocycles. The summed E-state index contributed by atoms with van der Waals surface area (Å²) in [6.07, 6.45) is 1.88. The van der Waals surface area contributed by atoms with Crippen LogP contribution in [0.5, 0.6) is 0 Å². The fourth-order valence-corrected chi connectivity index (χ4v) is 1.85. The van der Waals surface area contributed by atoms with Crippen molar-refractivity contribution in [3.8, 4) is 0 Å². The lowest BCUT2D eigenvalue weighted by atomic mass is 10.0. The van der Waals surface area contributed by atoms with E-state index in [0.29, 0.717) is 19.1 Å². The molecule has 1 rings (SSSR count). The number of likely N-dealkylation sites (tertiary alicyclic amines) is 1. The molecular weight excluding hydrogens is 210 g/mol. The standard InChI is InChI=1S/C10H19N3O3/c1-12(2)8-3-5-13(6-4-8)10(16)11-7-9(14)15/h8H,3-7H2,1-2H3,(H,11,16)(H,14,15). The van der Waals surface area contributed by atoms with Gasteiger partial charge in [0.05, 0.1) is 0 Å². The van der Waals surface area contributed by atoms with E-state index in [-0.39, 0.29) is 12.6 Å². The van der Waals surface area contributed by atoms with E-state index in [2.05, 4.69) is 10.2 Å². The summed E-state index contributed by atoms with van der Waals surface area (Å²) in [5.74, 6) is -1.02. The van der Waals surface area contributed by atoms with Crippen LogP contribution >= 0.6 is 0 Å². The zero-order valence-corrected chi connectivity index (χ0v) is 9.77. The molecule has 1 fully saturated rings. The number of rotatable bonds is 3. The lowest BCUT2D eigenvalue weighted by Gasteiger charge is -2.35. The highest BCUT2D eigenvalue weighted by Gasteiger charge is 2.23. The number of carbonyl (C=O) groups is 2. The van der Waals surface area contributed by atoms with Gasteiger partial charge in [-0.3, -0.25) is 4.79 Å². The first-order chi connectivity index (χ1) is 7.50. The van der Waals surface area contributed by atoms with Gasteiger partial charge in [0.25, 0.3) is 0 Å². The SMILES string of the molecule is CN(C)C1CCN(C(=O)NCC(=O)O)CC1. The number of nitrogens with zero attached hydrogens (tertiary/aromatic N) is 2. The highest BCUT2D eigenvalue weighted by atomic mass is 16.4. The Morgan fingerprint density at radius 1 is 1.38 bits per heavy atom. The van der Waals surface area contributed by atoms with Crippen molar-refractivity contribution in [3.05, 3.63) is 0 Å². The minimum atomic E-state index is -1.02. The first kappa shape index (κ1) is 12.8. The Kier molecular flexibility index (Phi) is 4.54. The zero-order chi connectivity index (χ0) is 12.1. The van der Waals surface area contributed by atoms with Crippen LogP contribution < -0.4 is 5.32 Å². The second-order valence-corrected chi connectivity index (χ2v) is 4.23. The van der Waals surface area contributed by atoms with Gasteiger partial charge in [-0.1, -0.05) is 0 Å². The van der Waals surface area contributed by atoms with Crippen LogP contribution in [0.2, 0.25) is 0 Å². The summed E-state index contributed by atoms with van der Waals surface area (Å²) in [5.41, 5.74) is 0. The molecule has 0 unspecified atom stereocenters. The van der Waals surface area contributed by atoms with Crippen molar-refractivity contribution in [2.45, 2.75) is 18.9 Å². The molecule has 16 heavy (non-hydrogen) atoms. The molecule has 0 atom stereocenters. The lowest BCUT2D eigenvalue weighted by Crippen LogP contribution is -2.48.